The molecular weight excluding hydrogens is 296 g/mol. The molecule has 0 aliphatic heterocycles. The first-order valence-electron chi connectivity index (χ1n) is 8.39. The Kier molecular flexibility index (Phi) is 6.56. The Morgan fingerprint density at radius 3 is 2.50 bits per heavy atom. The van der Waals surface area contributed by atoms with Crippen LogP contribution in [-0.4, -0.2) is 11.1 Å². The molecule has 0 saturated carbocycles. The summed E-state index contributed by atoms with van der Waals surface area (Å²) in [5, 5.41) is 9.45. The van der Waals surface area contributed by atoms with Crippen molar-refractivity contribution in [3.63, 3.8) is 0 Å². The molecule has 0 radical (unpaired) electrons. The summed E-state index contributed by atoms with van der Waals surface area (Å²) in [4.78, 5) is 11.5. The highest BCUT2D eigenvalue weighted by Gasteiger charge is 2.12. The summed E-state index contributed by atoms with van der Waals surface area (Å²) in [7, 11) is 0. The first-order valence-corrected chi connectivity index (χ1v) is 8.39. The van der Waals surface area contributed by atoms with Crippen LogP contribution >= 0.6 is 0 Å². The largest absolute Gasteiger partial charge is 0.478 e. The lowest BCUT2D eigenvalue weighted by Crippen LogP contribution is -2.00. The van der Waals surface area contributed by atoms with Gasteiger partial charge in [-0.05, 0) is 47.6 Å². The Balaban J connectivity index is 2.29. The van der Waals surface area contributed by atoms with Gasteiger partial charge in [-0.15, -0.1) is 6.58 Å². The predicted molar refractivity (Wildman–Crippen MR) is 101 cm³/mol. The van der Waals surface area contributed by atoms with E-state index in [2.05, 4.69) is 25.7 Å². The second-order valence-corrected chi connectivity index (χ2v) is 5.83. The number of carboxylic acids is 1. The van der Waals surface area contributed by atoms with Gasteiger partial charge in [0.25, 0.3) is 0 Å². The normalized spacial score (nSPS) is 10.9. The molecule has 0 heterocycles. The van der Waals surface area contributed by atoms with Crippen molar-refractivity contribution in [2.45, 2.75) is 32.6 Å². The van der Waals surface area contributed by atoms with E-state index in [-0.39, 0.29) is 0 Å². The Bertz CT molecular complexity index is 724. The van der Waals surface area contributed by atoms with Crippen LogP contribution in [0.1, 0.15) is 47.7 Å². The Hall–Kier alpha value is -2.61. The molecule has 124 valence electrons. The number of carbonyl (C=O) groups is 1. The fraction of sp³-hybridized carbons (Fsp3) is 0.227. The summed E-state index contributed by atoms with van der Waals surface area (Å²) in [6, 6.07) is 13.7. The highest BCUT2D eigenvalue weighted by Crippen LogP contribution is 2.26. The SMILES string of the molecule is C=CCCC=Cc1ccc(-c2cc(CCC)ccc2C(=O)O)cc1. The standard InChI is InChI=1S/C22H24O2/c1-3-5-6-7-9-17-10-13-19(14-11-17)21-16-18(8-4-2)12-15-20(21)22(23)24/h3,7,9-16H,1,4-6,8H2,2H3,(H,23,24). The highest BCUT2D eigenvalue weighted by molar-refractivity contribution is 5.96. The van der Waals surface area contributed by atoms with Crippen LogP contribution in [0.2, 0.25) is 0 Å². The lowest BCUT2D eigenvalue weighted by molar-refractivity contribution is 0.0697. The van der Waals surface area contributed by atoms with Gasteiger partial charge in [0.2, 0.25) is 0 Å². The highest BCUT2D eigenvalue weighted by atomic mass is 16.4. The van der Waals surface area contributed by atoms with Crippen LogP contribution in [0.4, 0.5) is 0 Å². The quantitative estimate of drug-likeness (QED) is 0.479. The third kappa shape index (κ3) is 4.69. The summed E-state index contributed by atoms with van der Waals surface area (Å²) in [6.07, 6.45) is 10.1. The van der Waals surface area contributed by atoms with Crippen molar-refractivity contribution >= 4 is 12.0 Å². The fourth-order valence-electron chi connectivity index (χ4n) is 2.67. The molecule has 2 aromatic carbocycles. The molecule has 2 aromatic rings. The van der Waals surface area contributed by atoms with E-state index in [0.29, 0.717) is 5.56 Å². The molecule has 1 N–H and O–H groups in total. The van der Waals surface area contributed by atoms with E-state index >= 15 is 0 Å². The van der Waals surface area contributed by atoms with E-state index in [1.54, 1.807) is 6.07 Å². The molecule has 0 aliphatic rings. The van der Waals surface area contributed by atoms with Crippen molar-refractivity contribution in [2.24, 2.45) is 0 Å². The van der Waals surface area contributed by atoms with E-state index < -0.39 is 5.97 Å². The molecule has 0 fully saturated rings. The number of carboxylic acid groups (broad SMARTS) is 1. The average Bonchev–Trinajstić information content (AvgIpc) is 2.59. The van der Waals surface area contributed by atoms with Crippen LogP contribution in [-0.2, 0) is 6.42 Å². The van der Waals surface area contributed by atoms with E-state index in [1.807, 2.05) is 42.5 Å². The summed E-state index contributed by atoms with van der Waals surface area (Å²) >= 11 is 0. The summed E-state index contributed by atoms with van der Waals surface area (Å²) in [5.74, 6) is -0.888. The monoisotopic (exact) mass is 320 g/mol. The zero-order valence-corrected chi connectivity index (χ0v) is 14.2. The maximum Gasteiger partial charge on any atom is 0.336 e. The first-order chi connectivity index (χ1) is 11.7. The van der Waals surface area contributed by atoms with Crippen molar-refractivity contribution in [2.75, 3.05) is 0 Å². The van der Waals surface area contributed by atoms with Crippen LogP contribution in [0, 0.1) is 0 Å². The molecule has 0 amide bonds. The molecule has 2 heteroatoms. The van der Waals surface area contributed by atoms with Gasteiger partial charge in [-0.3, -0.25) is 0 Å². The number of rotatable bonds is 8. The number of aryl methyl sites for hydroxylation is 1. The first kappa shape index (κ1) is 17.7. The van der Waals surface area contributed by atoms with Crippen molar-refractivity contribution in [1.29, 1.82) is 0 Å². The Morgan fingerprint density at radius 1 is 1.12 bits per heavy atom. The van der Waals surface area contributed by atoms with E-state index in [4.69, 9.17) is 0 Å². The maximum atomic E-state index is 11.5. The number of unbranched alkanes of at least 4 members (excludes halogenated alkanes) is 1. The second kappa shape index (κ2) is 8.88. The van der Waals surface area contributed by atoms with Crippen molar-refractivity contribution in [3.8, 4) is 11.1 Å². The smallest absolute Gasteiger partial charge is 0.336 e. The van der Waals surface area contributed by atoms with E-state index in [1.165, 1.54) is 5.56 Å². The molecule has 2 nitrogen and oxygen atoms in total. The molecule has 0 saturated heterocycles. The van der Waals surface area contributed by atoms with Gasteiger partial charge in [0.15, 0.2) is 0 Å². The number of benzene rings is 2. The number of hydrogen-bond acceptors (Lipinski definition) is 1. The molecule has 2 rings (SSSR count). The third-order valence-corrected chi connectivity index (χ3v) is 3.92. The molecule has 0 aromatic heterocycles. The van der Waals surface area contributed by atoms with E-state index in [9.17, 15) is 9.90 Å². The van der Waals surface area contributed by atoms with Crippen molar-refractivity contribution in [1.82, 2.24) is 0 Å². The predicted octanol–water partition coefficient (Wildman–Crippen LogP) is 5.98. The van der Waals surface area contributed by atoms with E-state index in [0.717, 1.165) is 42.4 Å². The topological polar surface area (TPSA) is 37.3 Å². The van der Waals surface area contributed by atoms with Crippen LogP contribution in [0.25, 0.3) is 17.2 Å². The van der Waals surface area contributed by atoms with Crippen LogP contribution in [0.15, 0.2) is 61.2 Å². The minimum absolute atomic E-state index is 0.351. The number of hydrogen-bond donors (Lipinski definition) is 1. The molecule has 0 aliphatic carbocycles. The summed E-state index contributed by atoms with van der Waals surface area (Å²) < 4.78 is 0. The van der Waals surface area contributed by atoms with Gasteiger partial charge in [-0.2, -0.15) is 0 Å². The summed E-state index contributed by atoms with van der Waals surface area (Å²) in [6.45, 7) is 5.83. The van der Waals surface area contributed by atoms with Gasteiger partial charge in [-0.1, -0.05) is 68.0 Å². The third-order valence-electron chi connectivity index (χ3n) is 3.92. The molecule has 0 unspecified atom stereocenters. The lowest BCUT2D eigenvalue weighted by atomic mass is 9.95. The molecule has 0 spiro atoms. The zero-order valence-electron chi connectivity index (χ0n) is 14.2. The Labute approximate surface area is 144 Å². The van der Waals surface area contributed by atoms with Crippen LogP contribution in [0.3, 0.4) is 0 Å². The molecular formula is C22H24O2. The molecule has 0 bridgehead atoms. The number of aromatic carboxylic acids is 1. The van der Waals surface area contributed by atoms with Crippen molar-refractivity contribution in [3.05, 3.63) is 77.9 Å². The zero-order chi connectivity index (χ0) is 17.4. The lowest BCUT2D eigenvalue weighted by Gasteiger charge is -2.09. The fourth-order valence-corrected chi connectivity index (χ4v) is 2.67. The molecule has 24 heavy (non-hydrogen) atoms. The van der Waals surface area contributed by atoms with Gasteiger partial charge in [-0.25, -0.2) is 4.79 Å². The number of allylic oxidation sites excluding steroid dienone is 2. The van der Waals surface area contributed by atoms with Gasteiger partial charge < -0.3 is 5.11 Å². The van der Waals surface area contributed by atoms with Gasteiger partial charge in [0.05, 0.1) is 5.56 Å². The molecule has 0 atom stereocenters. The second-order valence-electron chi connectivity index (χ2n) is 5.83. The van der Waals surface area contributed by atoms with Crippen LogP contribution in [0.5, 0.6) is 0 Å². The minimum Gasteiger partial charge on any atom is -0.478 e. The van der Waals surface area contributed by atoms with Gasteiger partial charge >= 0.3 is 5.97 Å². The van der Waals surface area contributed by atoms with Gasteiger partial charge in [0.1, 0.15) is 0 Å². The van der Waals surface area contributed by atoms with Gasteiger partial charge in [0, 0.05) is 0 Å². The maximum absolute atomic E-state index is 11.5. The minimum atomic E-state index is -0.888. The Morgan fingerprint density at radius 2 is 1.88 bits per heavy atom. The average molecular weight is 320 g/mol. The summed E-state index contributed by atoms with van der Waals surface area (Å²) in [5.41, 5.74) is 4.36. The van der Waals surface area contributed by atoms with Crippen LogP contribution < -0.4 is 0 Å². The van der Waals surface area contributed by atoms with Crippen molar-refractivity contribution < 1.29 is 9.90 Å².